The van der Waals surface area contributed by atoms with Gasteiger partial charge in [-0.1, -0.05) is 12.1 Å². The first-order valence-corrected chi connectivity index (χ1v) is 8.94. The van der Waals surface area contributed by atoms with Crippen molar-refractivity contribution in [3.8, 4) is 0 Å². The van der Waals surface area contributed by atoms with Gasteiger partial charge in [-0.15, -0.1) is 0 Å². The average molecular weight is 362 g/mol. The third-order valence-electron chi connectivity index (χ3n) is 3.28. The number of carbonyl (C=O) groups is 2. The lowest BCUT2D eigenvalue weighted by atomic mass is 10.1. The van der Waals surface area contributed by atoms with Gasteiger partial charge < -0.3 is 10.6 Å². The van der Waals surface area contributed by atoms with Gasteiger partial charge in [0, 0.05) is 25.2 Å². The SMILES string of the molecule is CC(=O)Nc1cc(C(=O)NCCc2ccc(S(N)(=O)=O)cc2)ccn1. The molecule has 0 radical (unpaired) electrons. The lowest BCUT2D eigenvalue weighted by Crippen LogP contribution is -2.26. The van der Waals surface area contributed by atoms with Crippen LogP contribution in [0.3, 0.4) is 0 Å². The Bertz CT molecular complexity index is 879. The molecular weight excluding hydrogens is 344 g/mol. The van der Waals surface area contributed by atoms with Crippen LogP contribution in [-0.4, -0.2) is 31.8 Å². The van der Waals surface area contributed by atoms with Crippen LogP contribution in [0.1, 0.15) is 22.8 Å². The van der Waals surface area contributed by atoms with Crippen molar-refractivity contribution in [2.45, 2.75) is 18.2 Å². The number of nitrogens with two attached hydrogens (primary N) is 1. The largest absolute Gasteiger partial charge is 0.352 e. The van der Waals surface area contributed by atoms with Crippen molar-refractivity contribution >= 4 is 27.7 Å². The molecule has 1 aromatic carbocycles. The fourth-order valence-electron chi connectivity index (χ4n) is 2.09. The second-order valence-electron chi connectivity index (χ2n) is 5.31. The number of hydrogen-bond donors (Lipinski definition) is 3. The summed E-state index contributed by atoms with van der Waals surface area (Å²) in [6.45, 7) is 1.72. The molecule has 0 bridgehead atoms. The van der Waals surface area contributed by atoms with Gasteiger partial charge in [0.15, 0.2) is 0 Å². The van der Waals surface area contributed by atoms with Crippen molar-refractivity contribution in [1.82, 2.24) is 10.3 Å². The van der Waals surface area contributed by atoms with Crippen LogP contribution in [-0.2, 0) is 21.2 Å². The van der Waals surface area contributed by atoms with Crippen LogP contribution in [0.25, 0.3) is 0 Å². The molecule has 0 atom stereocenters. The first-order valence-electron chi connectivity index (χ1n) is 7.39. The van der Waals surface area contributed by atoms with E-state index in [4.69, 9.17) is 5.14 Å². The highest BCUT2D eigenvalue weighted by Gasteiger charge is 2.09. The number of primary sulfonamides is 1. The van der Waals surface area contributed by atoms with Gasteiger partial charge in [0.25, 0.3) is 5.91 Å². The lowest BCUT2D eigenvalue weighted by molar-refractivity contribution is -0.114. The Hall–Kier alpha value is -2.78. The van der Waals surface area contributed by atoms with Crippen molar-refractivity contribution < 1.29 is 18.0 Å². The molecule has 4 N–H and O–H groups in total. The van der Waals surface area contributed by atoms with Crippen LogP contribution in [0.5, 0.6) is 0 Å². The molecular formula is C16H18N4O4S. The summed E-state index contributed by atoms with van der Waals surface area (Å²) in [5.74, 6) is -0.262. The van der Waals surface area contributed by atoms with E-state index >= 15 is 0 Å². The monoisotopic (exact) mass is 362 g/mol. The zero-order valence-corrected chi connectivity index (χ0v) is 14.3. The predicted molar refractivity (Wildman–Crippen MR) is 92.4 cm³/mol. The highest BCUT2D eigenvalue weighted by molar-refractivity contribution is 7.89. The van der Waals surface area contributed by atoms with Crippen molar-refractivity contribution in [2.24, 2.45) is 5.14 Å². The van der Waals surface area contributed by atoms with E-state index < -0.39 is 10.0 Å². The van der Waals surface area contributed by atoms with Gasteiger partial charge in [0.2, 0.25) is 15.9 Å². The summed E-state index contributed by atoms with van der Waals surface area (Å²) in [6.07, 6.45) is 1.96. The molecule has 0 fully saturated rings. The molecule has 0 aliphatic carbocycles. The molecule has 0 spiro atoms. The Morgan fingerprint density at radius 3 is 2.44 bits per heavy atom. The van der Waals surface area contributed by atoms with Gasteiger partial charge in [0.05, 0.1) is 4.90 Å². The summed E-state index contributed by atoms with van der Waals surface area (Å²) < 4.78 is 22.4. The third kappa shape index (κ3) is 5.66. The maximum atomic E-state index is 12.1. The van der Waals surface area contributed by atoms with Gasteiger partial charge >= 0.3 is 0 Å². The van der Waals surface area contributed by atoms with Crippen molar-refractivity contribution in [3.63, 3.8) is 0 Å². The number of benzene rings is 1. The van der Waals surface area contributed by atoms with Crippen molar-refractivity contribution in [3.05, 3.63) is 53.7 Å². The van der Waals surface area contributed by atoms with E-state index in [9.17, 15) is 18.0 Å². The van der Waals surface area contributed by atoms with Crippen LogP contribution < -0.4 is 15.8 Å². The summed E-state index contributed by atoms with van der Waals surface area (Å²) >= 11 is 0. The van der Waals surface area contributed by atoms with Gasteiger partial charge in [-0.25, -0.2) is 18.5 Å². The Labute approximate surface area is 145 Å². The topological polar surface area (TPSA) is 131 Å². The van der Waals surface area contributed by atoms with Crippen molar-refractivity contribution in [2.75, 3.05) is 11.9 Å². The Balaban J connectivity index is 1.91. The van der Waals surface area contributed by atoms with E-state index in [1.807, 2.05) is 0 Å². The Kier molecular flexibility index (Phi) is 5.84. The number of carbonyl (C=O) groups excluding carboxylic acids is 2. The first-order chi connectivity index (χ1) is 11.8. The Morgan fingerprint density at radius 1 is 1.16 bits per heavy atom. The van der Waals surface area contributed by atoms with Crippen molar-refractivity contribution in [1.29, 1.82) is 0 Å². The van der Waals surface area contributed by atoms with E-state index in [1.165, 1.54) is 31.3 Å². The minimum absolute atomic E-state index is 0.0440. The molecule has 25 heavy (non-hydrogen) atoms. The summed E-state index contributed by atoms with van der Waals surface area (Å²) in [7, 11) is -3.71. The maximum absolute atomic E-state index is 12.1. The summed E-state index contributed by atoms with van der Waals surface area (Å²) in [5.41, 5.74) is 1.24. The molecule has 0 aliphatic heterocycles. The third-order valence-corrected chi connectivity index (χ3v) is 4.21. The molecule has 2 aromatic rings. The molecule has 2 amide bonds. The van der Waals surface area contributed by atoms with Gasteiger partial charge in [-0.3, -0.25) is 9.59 Å². The van der Waals surface area contributed by atoms with E-state index in [0.717, 1.165) is 5.56 Å². The molecule has 0 saturated carbocycles. The number of anilines is 1. The quantitative estimate of drug-likeness (QED) is 0.695. The second kappa shape index (κ2) is 7.86. The molecule has 1 heterocycles. The van der Waals surface area contributed by atoms with E-state index in [0.29, 0.717) is 24.3 Å². The molecule has 0 aliphatic rings. The van der Waals surface area contributed by atoms with E-state index in [-0.39, 0.29) is 16.7 Å². The molecule has 9 heteroatoms. The highest BCUT2D eigenvalue weighted by atomic mass is 32.2. The van der Waals surface area contributed by atoms with Gasteiger partial charge in [0.1, 0.15) is 5.82 Å². The zero-order valence-electron chi connectivity index (χ0n) is 13.5. The van der Waals surface area contributed by atoms with Crippen LogP contribution in [0.2, 0.25) is 0 Å². The predicted octanol–water partition coefficient (Wildman–Crippen LogP) is 0.660. The molecule has 8 nitrogen and oxygen atoms in total. The maximum Gasteiger partial charge on any atom is 0.251 e. The van der Waals surface area contributed by atoms with Crippen LogP contribution in [0.15, 0.2) is 47.5 Å². The van der Waals surface area contributed by atoms with Gasteiger partial charge in [-0.2, -0.15) is 0 Å². The summed E-state index contributed by atoms with van der Waals surface area (Å²) in [6, 6.07) is 9.17. The number of hydrogen-bond acceptors (Lipinski definition) is 5. The van der Waals surface area contributed by atoms with E-state index in [1.54, 1.807) is 18.2 Å². The van der Waals surface area contributed by atoms with E-state index in [2.05, 4.69) is 15.6 Å². The fourth-order valence-corrected chi connectivity index (χ4v) is 2.60. The molecule has 132 valence electrons. The van der Waals surface area contributed by atoms with Crippen LogP contribution in [0, 0.1) is 0 Å². The van der Waals surface area contributed by atoms with Crippen LogP contribution in [0.4, 0.5) is 5.82 Å². The molecule has 0 saturated heterocycles. The number of aromatic nitrogens is 1. The molecule has 0 unspecified atom stereocenters. The normalized spacial score (nSPS) is 11.0. The highest BCUT2D eigenvalue weighted by Crippen LogP contribution is 2.09. The molecule has 1 aromatic heterocycles. The number of nitrogens with zero attached hydrogens (tertiary/aromatic N) is 1. The standard InChI is InChI=1S/C16H18N4O4S/c1-11(21)20-15-10-13(7-9-18-15)16(22)19-8-6-12-2-4-14(5-3-12)25(17,23)24/h2-5,7,9-10H,6,8H2,1H3,(H,19,22)(H2,17,23,24)(H,18,20,21). The summed E-state index contributed by atoms with van der Waals surface area (Å²) in [5, 5.41) is 10.3. The number of pyridine rings is 1. The number of amides is 2. The minimum atomic E-state index is -3.71. The second-order valence-corrected chi connectivity index (χ2v) is 6.87. The Morgan fingerprint density at radius 2 is 1.84 bits per heavy atom. The van der Waals surface area contributed by atoms with Gasteiger partial charge in [-0.05, 0) is 36.2 Å². The summed E-state index contributed by atoms with van der Waals surface area (Å²) in [4.78, 5) is 27.1. The van der Waals surface area contributed by atoms with Crippen LogP contribution >= 0.6 is 0 Å². The smallest absolute Gasteiger partial charge is 0.251 e. The fraction of sp³-hybridized carbons (Fsp3) is 0.188. The lowest BCUT2D eigenvalue weighted by Gasteiger charge is -2.07. The number of nitrogens with one attached hydrogen (secondary N) is 2. The minimum Gasteiger partial charge on any atom is -0.352 e. The molecule has 2 rings (SSSR count). The first kappa shape index (κ1) is 18.6. The number of sulfonamides is 1. The number of rotatable bonds is 6. The average Bonchev–Trinajstić information content (AvgIpc) is 2.54. The zero-order chi connectivity index (χ0) is 18.4.